The molecule has 0 fully saturated rings. The van der Waals surface area contributed by atoms with Gasteiger partial charge in [0, 0.05) is 18.8 Å². The van der Waals surface area contributed by atoms with Crippen LogP contribution in [0.5, 0.6) is 0 Å². The minimum Gasteiger partial charge on any atom is -0.312 e. The minimum absolute atomic E-state index is 0.610. The molecule has 0 amide bonds. The summed E-state index contributed by atoms with van der Waals surface area (Å²) in [5, 5.41) is 7.65. The quantitative estimate of drug-likeness (QED) is 0.851. The van der Waals surface area contributed by atoms with Gasteiger partial charge in [-0.15, -0.1) is 0 Å². The van der Waals surface area contributed by atoms with Crippen LogP contribution in [0.3, 0.4) is 0 Å². The van der Waals surface area contributed by atoms with Gasteiger partial charge in [-0.05, 0) is 29.3 Å². The van der Waals surface area contributed by atoms with E-state index in [-0.39, 0.29) is 0 Å². The molecule has 3 nitrogen and oxygen atoms in total. The summed E-state index contributed by atoms with van der Waals surface area (Å²) >= 11 is 3.37. The molecule has 0 spiro atoms. The van der Waals surface area contributed by atoms with Gasteiger partial charge in [-0.3, -0.25) is 4.68 Å². The van der Waals surface area contributed by atoms with Gasteiger partial charge in [0.15, 0.2) is 0 Å². The highest BCUT2D eigenvalue weighted by atomic mass is 79.9. The average molecular weight is 260 g/mol. The summed E-state index contributed by atoms with van der Waals surface area (Å²) in [6, 6.07) is 0.610. The van der Waals surface area contributed by atoms with Gasteiger partial charge < -0.3 is 5.32 Å². The maximum Gasteiger partial charge on any atom is 0.0632 e. The van der Waals surface area contributed by atoms with Gasteiger partial charge in [0.25, 0.3) is 0 Å². The molecule has 1 aromatic rings. The molecule has 0 aliphatic carbocycles. The first-order valence-corrected chi connectivity index (χ1v) is 5.93. The second kappa shape index (κ2) is 6.19. The Labute approximate surface area is 94.0 Å². The van der Waals surface area contributed by atoms with Crippen LogP contribution in [0.4, 0.5) is 0 Å². The number of hydrogen-bond acceptors (Lipinski definition) is 2. The molecule has 0 saturated heterocycles. The Bertz CT molecular complexity index is 260. The molecule has 1 atom stereocenters. The monoisotopic (exact) mass is 259 g/mol. The second-order valence-corrected chi connectivity index (χ2v) is 4.48. The van der Waals surface area contributed by atoms with Gasteiger partial charge in [-0.25, -0.2) is 0 Å². The maximum atomic E-state index is 4.19. The van der Waals surface area contributed by atoms with E-state index in [0.29, 0.717) is 6.04 Å². The van der Waals surface area contributed by atoms with Crippen molar-refractivity contribution in [2.75, 3.05) is 6.54 Å². The molecule has 1 rings (SSSR count). The van der Waals surface area contributed by atoms with E-state index in [1.807, 2.05) is 17.1 Å². The molecular weight excluding hydrogens is 242 g/mol. The zero-order chi connectivity index (χ0) is 10.4. The van der Waals surface area contributed by atoms with Crippen molar-refractivity contribution >= 4 is 15.9 Å². The first kappa shape index (κ1) is 11.7. The first-order chi connectivity index (χ1) is 6.72. The highest BCUT2D eigenvalue weighted by Crippen LogP contribution is 2.05. The zero-order valence-electron chi connectivity index (χ0n) is 8.83. The van der Waals surface area contributed by atoms with Gasteiger partial charge in [0.2, 0.25) is 0 Å². The van der Waals surface area contributed by atoms with Crippen molar-refractivity contribution in [3.8, 4) is 0 Å². The summed E-state index contributed by atoms with van der Waals surface area (Å²) in [5.74, 6) is 0. The van der Waals surface area contributed by atoms with Crippen LogP contribution in [-0.2, 0) is 6.54 Å². The molecule has 0 radical (unpaired) electrons. The fourth-order valence-electron chi connectivity index (χ4n) is 1.42. The molecule has 1 aromatic heterocycles. The molecular formula is C10H18BrN3. The van der Waals surface area contributed by atoms with Gasteiger partial charge in [-0.1, -0.05) is 13.3 Å². The van der Waals surface area contributed by atoms with E-state index in [4.69, 9.17) is 0 Å². The lowest BCUT2D eigenvalue weighted by Gasteiger charge is -2.12. The second-order valence-electron chi connectivity index (χ2n) is 3.57. The SMILES string of the molecule is CCCC(C)NCCn1cc(Br)cn1. The lowest BCUT2D eigenvalue weighted by atomic mass is 10.2. The summed E-state index contributed by atoms with van der Waals surface area (Å²) in [4.78, 5) is 0. The Morgan fingerprint density at radius 2 is 2.43 bits per heavy atom. The lowest BCUT2D eigenvalue weighted by molar-refractivity contribution is 0.472. The highest BCUT2D eigenvalue weighted by molar-refractivity contribution is 9.10. The Hall–Kier alpha value is -0.350. The fourth-order valence-corrected chi connectivity index (χ4v) is 1.75. The number of rotatable bonds is 6. The van der Waals surface area contributed by atoms with Crippen molar-refractivity contribution in [3.05, 3.63) is 16.9 Å². The molecule has 0 aromatic carbocycles. The van der Waals surface area contributed by atoms with E-state index >= 15 is 0 Å². The van der Waals surface area contributed by atoms with E-state index in [0.717, 1.165) is 17.6 Å². The third kappa shape index (κ3) is 4.24. The maximum absolute atomic E-state index is 4.19. The molecule has 0 bridgehead atoms. The topological polar surface area (TPSA) is 29.9 Å². The van der Waals surface area contributed by atoms with Crippen LogP contribution in [0.1, 0.15) is 26.7 Å². The number of halogens is 1. The van der Waals surface area contributed by atoms with Crippen LogP contribution in [0.15, 0.2) is 16.9 Å². The summed E-state index contributed by atoms with van der Waals surface area (Å²) in [7, 11) is 0. The molecule has 0 aliphatic heterocycles. The lowest BCUT2D eigenvalue weighted by Crippen LogP contribution is -2.29. The normalized spacial score (nSPS) is 13.1. The van der Waals surface area contributed by atoms with Gasteiger partial charge in [-0.2, -0.15) is 5.10 Å². The predicted octanol–water partition coefficient (Wildman–Crippen LogP) is 2.42. The van der Waals surface area contributed by atoms with Gasteiger partial charge >= 0.3 is 0 Å². The minimum atomic E-state index is 0.610. The van der Waals surface area contributed by atoms with Crippen molar-refractivity contribution in [1.82, 2.24) is 15.1 Å². The van der Waals surface area contributed by atoms with E-state index in [1.165, 1.54) is 12.8 Å². The molecule has 80 valence electrons. The summed E-state index contributed by atoms with van der Waals surface area (Å²) < 4.78 is 2.98. The summed E-state index contributed by atoms with van der Waals surface area (Å²) in [5.41, 5.74) is 0. The zero-order valence-corrected chi connectivity index (χ0v) is 10.4. The number of hydrogen-bond donors (Lipinski definition) is 1. The van der Waals surface area contributed by atoms with Crippen LogP contribution in [0.2, 0.25) is 0 Å². The Morgan fingerprint density at radius 3 is 3.00 bits per heavy atom. The summed E-state index contributed by atoms with van der Waals surface area (Å²) in [6.45, 7) is 6.35. The molecule has 0 saturated carbocycles. The van der Waals surface area contributed by atoms with Crippen LogP contribution in [-0.4, -0.2) is 22.4 Å². The van der Waals surface area contributed by atoms with Gasteiger partial charge in [0.05, 0.1) is 17.2 Å². The Kier molecular flexibility index (Phi) is 5.19. The van der Waals surface area contributed by atoms with Crippen molar-refractivity contribution < 1.29 is 0 Å². The Morgan fingerprint density at radius 1 is 1.64 bits per heavy atom. The fraction of sp³-hybridized carbons (Fsp3) is 0.700. The van der Waals surface area contributed by atoms with E-state index in [2.05, 4.69) is 40.2 Å². The first-order valence-electron chi connectivity index (χ1n) is 5.13. The average Bonchev–Trinajstić information content (AvgIpc) is 2.52. The van der Waals surface area contributed by atoms with Crippen molar-refractivity contribution in [2.45, 2.75) is 39.3 Å². The highest BCUT2D eigenvalue weighted by Gasteiger charge is 1.99. The van der Waals surface area contributed by atoms with Crippen LogP contribution < -0.4 is 5.32 Å². The van der Waals surface area contributed by atoms with Crippen molar-refractivity contribution in [1.29, 1.82) is 0 Å². The molecule has 1 unspecified atom stereocenters. The molecule has 1 N–H and O–H groups in total. The molecule has 14 heavy (non-hydrogen) atoms. The van der Waals surface area contributed by atoms with E-state index in [9.17, 15) is 0 Å². The van der Waals surface area contributed by atoms with Gasteiger partial charge in [0.1, 0.15) is 0 Å². The summed E-state index contributed by atoms with van der Waals surface area (Å²) in [6.07, 6.45) is 6.28. The molecule has 4 heteroatoms. The van der Waals surface area contributed by atoms with Crippen LogP contribution in [0, 0.1) is 0 Å². The Balaban J connectivity index is 2.15. The third-order valence-electron chi connectivity index (χ3n) is 2.16. The number of aromatic nitrogens is 2. The standard InChI is InChI=1S/C10H18BrN3/c1-3-4-9(2)12-5-6-14-8-10(11)7-13-14/h7-9,12H,3-6H2,1-2H3. The molecule has 0 aliphatic rings. The van der Waals surface area contributed by atoms with E-state index in [1.54, 1.807) is 0 Å². The van der Waals surface area contributed by atoms with Crippen LogP contribution in [0.25, 0.3) is 0 Å². The smallest absolute Gasteiger partial charge is 0.0632 e. The number of nitrogens with zero attached hydrogens (tertiary/aromatic N) is 2. The largest absolute Gasteiger partial charge is 0.312 e. The number of nitrogens with one attached hydrogen (secondary N) is 1. The van der Waals surface area contributed by atoms with Crippen molar-refractivity contribution in [3.63, 3.8) is 0 Å². The molecule has 1 heterocycles. The van der Waals surface area contributed by atoms with E-state index < -0.39 is 0 Å². The third-order valence-corrected chi connectivity index (χ3v) is 2.57. The van der Waals surface area contributed by atoms with Crippen LogP contribution >= 0.6 is 15.9 Å². The predicted molar refractivity (Wildman–Crippen MR) is 62.3 cm³/mol. The van der Waals surface area contributed by atoms with Crippen molar-refractivity contribution in [2.24, 2.45) is 0 Å².